The number of ether oxygens (including phenoxy) is 2. The summed E-state index contributed by atoms with van der Waals surface area (Å²) in [7, 11) is 0. The van der Waals surface area contributed by atoms with Crippen LogP contribution in [0.15, 0.2) is 12.1 Å². The summed E-state index contributed by atoms with van der Waals surface area (Å²) in [5.41, 5.74) is 3.12. The van der Waals surface area contributed by atoms with Crippen LogP contribution < -0.4 is 9.47 Å². The number of hydrogen-bond donors (Lipinski definition) is 1. The zero-order valence-corrected chi connectivity index (χ0v) is 12.9. The molecule has 2 aromatic rings. The van der Waals surface area contributed by atoms with Crippen molar-refractivity contribution in [2.75, 3.05) is 13.1 Å². The molecule has 2 aliphatic heterocycles. The number of H-pyrrole nitrogens is 1. The van der Waals surface area contributed by atoms with Crippen molar-refractivity contribution in [1.29, 1.82) is 0 Å². The predicted octanol–water partition coefficient (Wildman–Crippen LogP) is 2.33. The summed E-state index contributed by atoms with van der Waals surface area (Å²) < 4.78 is 39.0. The van der Waals surface area contributed by atoms with Crippen LogP contribution in [0, 0.1) is 25.5 Å². The third-order valence-corrected chi connectivity index (χ3v) is 4.51. The molecule has 3 heterocycles. The molecule has 0 bridgehead atoms. The Bertz CT molecular complexity index is 704. The van der Waals surface area contributed by atoms with E-state index < -0.39 is 11.6 Å². The van der Waals surface area contributed by atoms with Crippen LogP contribution in [0.25, 0.3) is 0 Å². The van der Waals surface area contributed by atoms with Gasteiger partial charge in [0.05, 0.1) is 5.69 Å². The van der Waals surface area contributed by atoms with Gasteiger partial charge in [-0.3, -0.25) is 10.00 Å². The first-order valence-corrected chi connectivity index (χ1v) is 7.57. The fraction of sp³-hybridized carbons (Fsp3) is 0.438. The van der Waals surface area contributed by atoms with Crippen molar-refractivity contribution in [1.82, 2.24) is 15.1 Å². The van der Waals surface area contributed by atoms with Gasteiger partial charge < -0.3 is 9.47 Å². The van der Waals surface area contributed by atoms with E-state index in [4.69, 9.17) is 9.47 Å². The van der Waals surface area contributed by atoms with Gasteiger partial charge in [0.2, 0.25) is 11.5 Å². The summed E-state index contributed by atoms with van der Waals surface area (Å²) in [6, 6.07) is 2.12. The number of halogens is 2. The molecule has 0 amide bonds. The summed E-state index contributed by atoms with van der Waals surface area (Å²) >= 11 is 0. The molecule has 7 heteroatoms. The second-order valence-electron chi connectivity index (χ2n) is 6.11. The number of nitrogens with one attached hydrogen (secondary N) is 1. The van der Waals surface area contributed by atoms with E-state index in [0.717, 1.165) is 29.1 Å². The second-order valence-corrected chi connectivity index (χ2v) is 6.11. The standard InChI is InChI=1S/C16H17F2N3O2/c1-8-10(9(2)20-19-8)5-21-6-13-14(7-21)23-16-12(18)4-3-11(17)15(16)22-13/h3-4,13-14H,5-7H2,1-2H3,(H,19,20)/t13-,14+. The first-order valence-electron chi connectivity index (χ1n) is 7.57. The lowest BCUT2D eigenvalue weighted by molar-refractivity contribution is 0.0467. The molecule has 2 atom stereocenters. The minimum Gasteiger partial charge on any atom is -0.478 e. The molecule has 5 nitrogen and oxygen atoms in total. The quantitative estimate of drug-likeness (QED) is 0.922. The summed E-state index contributed by atoms with van der Waals surface area (Å²) in [6.45, 7) is 5.84. The molecular formula is C16H17F2N3O2. The number of fused-ring (bicyclic) bond motifs is 2. The smallest absolute Gasteiger partial charge is 0.200 e. The Morgan fingerprint density at radius 2 is 1.70 bits per heavy atom. The van der Waals surface area contributed by atoms with Gasteiger partial charge in [0, 0.05) is 30.9 Å². The number of likely N-dealkylation sites (tertiary alicyclic amines) is 1. The first-order chi connectivity index (χ1) is 11.0. The number of aryl methyl sites for hydroxylation is 2. The monoisotopic (exact) mass is 321 g/mol. The number of hydrogen-bond acceptors (Lipinski definition) is 4. The fourth-order valence-electron chi connectivity index (χ4n) is 3.24. The zero-order valence-electron chi connectivity index (χ0n) is 12.9. The molecule has 1 N–H and O–H groups in total. The van der Waals surface area contributed by atoms with E-state index >= 15 is 0 Å². The number of rotatable bonds is 2. The van der Waals surface area contributed by atoms with Gasteiger partial charge in [-0.2, -0.15) is 5.10 Å². The van der Waals surface area contributed by atoms with Crippen molar-refractivity contribution in [3.05, 3.63) is 40.7 Å². The van der Waals surface area contributed by atoms with Gasteiger partial charge in [0.1, 0.15) is 12.2 Å². The van der Waals surface area contributed by atoms with E-state index in [0.29, 0.717) is 19.6 Å². The van der Waals surface area contributed by atoms with Crippen LogP contribution in [0.4, 0.5) is 8.78 Å². The van der Waals surface area contributed by atoms with Crippen LogP contribution in [0.2, 0.25) is 0 Å². The third-order valence-electron chi connectivity index (χ3n) is 4.51. The Labute approximate surface area is 132 Å². The van der Waals surface area contributed by atoms with Gasteiger partial charge in [-0.25, -0.2) is 8.78 Å². The highest BCUT2D eigenvalue weighted by Gasteiger charge is 2.42. The van der Waals surface area contributed by atoms with Gasteiger partial charge >= 0.3 is 0 Å². The first kappa shape index (κ1) is 14.4. The Morgan fingerprint density at radius 1 is 1.13 bits per heavy atom. The zero-order chi connectivity index (χ0) is 16.1. The normalized spacial score (nSPS) is 23.1. The summed E-state index contributed by atoms with van der Waals surface area (Å²) in [4.78, 5) is 2.15. The second kappa shape index (κ2) is 5.19. The number of benzene rings is 1. The minimum absolute atomic E-state index is 0.122. The summed E-state index contributed by atoms with van der Waals surface area (Å²) in [5.74, 6) is -1.44. The molecular weight excluding hydrogens is 304 g/mol. The van der Waals surface area contributed by atoms with Gasteiger partial charge in [-0.1, -0.05) is 0 Å². The molecule has 1 aromatic heterocycles. The molecule has 0 aliphatic carbocycles. The molecule has 0 spiro atoms. The van der Waals surface area contributed by atoms with Crippen molar-refractivity contribution >= 4 is 0 Å². The third kappa shape index (κ3) is 2.35. The van der Waals surface area contributed by atoms with E-state index in [-0.39, 0.29) is 23.7 Å². The minimum atomic E-state index is -0.597. The fourth-order valence-corrected chi connectivity index (χ4v) is 3.24. The van der Waals surface area contributed by atoms with E-state index in [1.54, 1.807) is 0 Å². The van der Waals surface area contributed by atoms with Crippen LogP contribution in [0.5, 0.6) is 11.5 Å². The maximum absolute atomic E-state index is 13.8. The Balaban J connectivity index is 1.54. The van der Waals surface area contributed by atoms with E-state index in [1.807, 2.05) is 13.8 Å². The topological polar surface area (TPSA) is 50.4 Å². The molecule has 4 rings (SSSR count). The van der Waals surface area contributed by atoms with Gasteiger partial charge in [0.15, 0.2) is 11.6 Å². The highest BCUT2D eigenvalue weighted by molar-refractivity contribution is 5.44. The number of aromatic amines is 1. The molecule has 1 saturated heterocycles. The summed E-state index contributed by atoms with van der Waals surface area (Å²) in [5, 5.41) is 7.16. The molecule has 0 unspecified atom stereocenters. The average Bonchev–Trinajstić information content (AvgIpc) is 3.07. The largest absolute Gasteiger partial charge is 0.478 e. The van der Waals surface area contributed by atoms with Crippen molar-refractivity contribution in [3.63, 3.8) is 0 Å². The van der Waals surface area contributed by atoms with Crippen molar-refractivity contribution in [2.45, 2.75) is 32.6 Å². The van der Waals surface area contributed by atoms with Crippen LogP contribution >= 0.6 is 0 Å². The maximum atomic E-state index is 13.8. The predicted molar refractivity (Wildman–Crippen MR) is 78.5 cm³/mol. The van der Waals surface area contributed by atoms with Crippen molar-refractivity contribution in [3.8, 4) is 11.5 Å². The Hall–Kier alpha value is -2.15. The van der Waals surface area contributed by atoms with Gasteiger partial charge in [-0.15, -0.1) is 0 Å². The lowest BCUT2D eigenvalue weighted by atomic mass is 10.2. The number of aromatic nitrogens is 2. The van der Waals surface area contributed by atoms with Crippen LogP contribution in [0.1, 0.15) is 17.0 Å². The lowest BCUT2D eigenvalue weighted by Gasteiger charge is -2.28. The molecule has 0 saturated carbocycles. The van der Waals surface area contributed by atoms with E-state index in [9.17, 15) is 8.78 Å². The van der Waals surface area contributed by atoms with Crippen LogP contribution in [0.3, 0.4) is 0 Å². The Morgan fingerprint density at radius 3 is 2.17 bits per heavy atom. The van der Waals surface area contributed by atoms with Crippen LogP contribution in [-0.2, 0) is 6.54 Å². The Kier molecular flexibility index (Phi) is 3.26. The van der Waals surface area contributed by atoms with E-state index in [1.165, 1.54) is 0 Å². The molecule has 0 radical (unpaired) electrons. The summed E-state index contributed by atoms with van der Waals surface area (Å²) in [6.07, 6.45) is -0.599. The molecule has 1 fully saturated rings. The van der Waals surface area contributed by atoms with Crippen molar-refractivity contribution < 1.29 is 18.3 Å². The molecule has 1 aromatic carbocycles. The van der Waals surface area contributed by atoms with Crippen LogP contribution in [-0.4, -0.2) is 40.4 Å². The molecule has 23 heavy (non-hydrogen) atoms. The maximum Gasteiger partial charge on any atom is 0.200 e. The van der Waals surface area contributed by atoms with Gasteiger partial charge in [-0.05, 0) is 26.0 Å². The molecule has 2 aliphatic rings. The van der Waals surface area contributed by atoms with Gasteiger partial charge in [0.25, 0.3) is 0 Å². The van der Waals surface area contributed by atoms with Crippen molar-refractivity contribution in [2.24, 2.45) is 0 Å². The lowest BCUT2D eigenvalue weighted by Crippen LogP contribution is -2.39. The van der Waals surface area contributed by atoms with E-state index in [2.05, 4.69) is 15.1 Å². The average molecular weight is 321 g/mol. The highest BCUT2D eigenvalue weighted by Crippen LogP contribution is 2.40. The SMILES string of the molecule is Cc1n[nH]c(C)c1CN1C[C@@H]2Oc3c(F)ccc(F)c3O[C@@H]2C1. The highest BCUT2D eigenvalue weighted by atomic mass is 19.1. The molecule has 122 valence electrons. The number of nitrogens with zero attached hydrogens (tertiary/aromatic N) is 2.